The van der Waals surface area contributed by atoms with Crippen LogP contribution in [0.25, 0.3) is 11.6 Å². The van der Waals surface area contributed by atoms with Gasteiger partial charge in [-0.15, -0.1) is 0 Å². The minimum Gasteiger partial charge on any atom is -0.359 e. The Morgan fingerprint density at radius 2 is 1.83 bits per heavy atom. The molecule has 0 saturated heterocycles. The lowest BCUT2D eigenvalue weighted by Crippen LogP contribution is -2.35. The highest BCUT2D eigenvalue weighted by Gasteiger charge is 2.29. The van der Waals surface area contributed by atoms with Gasteiger partial charge in [0.05, 0.1) is 22.6 Å². The van der Waals surface area contributed by atoms with E-state index in [9.17, 15) is 18.0 Å². The summed E-state index contributed by atoms with van der Waals surface area (Å²) in [5, 5.41) is 6.23. The molecule has 218 valence electrons. The molecule has 0 fully saturated rings. The van der Waals surface area contributed by atoms with Gasteiger partial charge in [0, 0.05) is 47.8 Å². The molecule has 2 aromatic carbocycles. The number of halogens is 1. The zero-order chi connectivity index (χ0) is 29.9. The fourth-order valence-corrected chi connectivity index (χ4v) is 6.32. The predicted octanol–water partition coefficient (Wildman–Crippen LogP) is 4.60. The Kier molecular flexibility index (Phi) is 9.26. The van der Waals surface area contributed by atoms with E-state index in [1.807, 2.05) is 13.8 Å². The van der Waals surface area contributed by atoms with Crippen LogP contribution in [0, 0.1) is 13.8 Å². The summed E-state index contributed by atoms with van der Waals surface area (Å²) in [5.74, 6) is -0.399. The van der Waals surface area contributed by atoms with Gasteiger partial charge in [0.1, 0.15) is 0 Å². The molecule has 0 bridgehead atoms. The topological polar surface area (TPSA) is 115 Å². The largest absolute Gasteiger partial charge is 0.359 e. The predicted molar refractivity (Wildman–Crippen MR) is 165 cm³/mol. The number of aromatic amines is 1. The zero-order valence-electron chi connectivity index (χ0n) is 24.0. The van der Waals surface area contributed by atoms with Crippen molar-refractivity contribution in [1.82, 2.24) is 15.2 Å². The molecule has 11 heteroatoms. The summed E-state index contributed by atoms with van der Waals surface area (Å²) in [5.41, 5.74) is 5.03. The highest BCUT2D eigenvalue weighted by Crippen LogP contribution is 2.36. The Labute approximate surface area is 246 Å². The Hall–Kier alpha value is -3.60. The SMILES string of the molecule is CCN(CC)CCNC(=O)Cc1c(C)[nH]c(/C=C2\C(=O)Nc3ccc(S(=O)(=O)N(C)c4cccc(Cl)c4)cc32)c1C. The molecule has 3 aromatic rings. The smallest absolute Gasteiger partial charge is 0.264 e. The van der Waals surface area contributed by atoms with E-state index in [0.29, 0.717) is 39.8 Å². The third-order valence-electron chi connectivity index (χ3n) is 7.51. The Morgan fingerprint density at radius 3 is 2.51 bits per heavy atom. The normalized spacial score (nSPS) is 13.9. The maximum absolute atomic E-state index is 13.5. The quantitative estimate of drug-likeness (QED) is 0.279. The van der Waals surface area contributed by atoms with Crippen molar-refractivity contribution in [3.8, 4) is 0 Å². The minimum absolute atomic E-state index is 0.0441. The molecule has 0 saturated carbocycles. The number of nitrogens with one attached hydrogen (secondary N) is 3. The number of anilines is 2. The minimum atomic E-state index is -3.93. The van der Waals surface area contributed by atoms with E-state index >= 15 is 0 Å². The van der Waals surface area contributed by atoms with Crippen molar-refractivity contribution >= 4 is 56.5 Å². The molecule has 0 spiro atoms. The molecule has 1 aliphatic rings. The van der Waals surface area contributed by atoms with E-state index in [1.165, 1.54) is 19.2 Å². The van der Waals surface area contributed by atoms with Crippen molar-refractivity contribution in [3.63, 3.8) is 0 Å². The van der Waals surface area contributed by atoms with Crippen LogP contribution in [0.15, 0.2) is 47.4 Å². The van der Waals surface area contributed by atoms with Crippen molar-refractivity contribution in [2.24, 2.45) is 0 Å². The fourth-order valence-electron chi connectivity index (χ4n) is 4.92. The third-order valence-corrected chi connectivity index (χ3v) is 9.52. The summed E-state index contributed by atoms with van der Waals surface area (Å²) < 4.78 is 28.1. The Bertz CT molecular complexity index is 1610. The molecule has 4 rings (SSSR count). The number of rotatable bonds is 11. The van der Waals surface area contributed by atoms with Gasteiger partial charge in [-0.3, -0.25) is 13.9 Å². The van der Waals surface area contributed by atoms with Crippen LogP contribution in [-0.4, -0.2) is 63.3 Å². The molecule has 1 aliphatic heterocycles. The molecule has 2 amide bonds. The van der Waals surface area contributed by atoms with Crippen LogP contribution in [0.2, 0.25) is 5.02 Å². The van der Waals surface area contributed by atoms with Gasteiger partial charge < -0.3 is 20.5 Å². The lowest BCUT2D eigenvalue weighted by atomic mass is 10.0. The summed E-state index contributed by atoms with van der Waals surface area (Å²) in [6.45, 7) is 11.2. The number of sulfonamides is 1. The maximum atomic E-state index is 13.5. The van der Waals surface area contributed by atoms with Gasteiger partial charge in [0.15, 0.2) is 0 Å². The highest BCUT2D eigenvalue weighted by atomic mass is 35.5. The van der Waals surface area contributed by atoms with E-state index in [-0.39, 0.29) is 23.1 Å². The van der Waals surface area contributed by atoms with Gasteiger partial charge in [0.2, 0.25) is 5.91 Å². The second-order valence-corrected chi connectivity index (χ2v) is 12.4. The van der Waals surface area contributed by atoms with E-state index < -0.39 is 10.0 Å². The van der Waals surface area contributed by atoms with Gasteiger partial charge in [-0.2, -0.15) is 0 Å². The van der Waals surface area contributed by atoms with Crippen molar-refractivity contribution < 1.29 is 18.0 Å². The lowest BCUT2D eigenvalue weighted by molar-refractivity contribution is -0.120. The monoisotopic (exact) mass is 597 g/mol. The van der Waals surface area contributed by atoms with E-state index in [2.05, 4.69) is 34.4 Å². The van der Waals surface area contributed by atoms with E-state index in [0.717, 1.165) is 40.8 Å². The lowest BCUT2D eigenvalue weighted by Gasteiger charge is -2.20. The van der Waals surface area contributed by atoms with E-state index in [1.54, 1.807) is 36.4 Å². The van der Waals surface area contributed by atoms with Crippen molar-refractivity contribution in [1.29, 1.82) is 0 Å². The maximum Gasteiger partial charge on any atom is 0.264 e. The van der Waals surface area contributed by atoms with Gasteiger partial charge in [-0.1, -0.05) is 31.5 Å². The number of aromatic nitrogens is 1. The molecule has 9 nitrogen and oxygen atoms in total. The number of nitrogens with zero attached hydrogens (tertiary/aromatic N) is 2. The number of likely N-dealkylation sites (N-methyl/N-ethyl adjacent to an activating group) is 1. The summed E-state index contributed by atoms with van der Waals surface area (Å²) in [6.07, 6.45) is 1.93. The number of aryl methyl sites for hydroxylation is 1. The Morgan fingerprint density at radius 1 is 1.10 bits per heavy atom. The number of amides is 2. The first-order valence-corrected chi connectivity index (χ1v) is 15.4. The van der Waals surface area contributed by atoms with Gasteiger partial charge >= 0.3 is 0 Å². The number of H-pyrrole nitrogens is 1. The van der Waals surface area contributed by atoms with Crippen LogP contribution in [-0.2, 0) is 26.0 Å². The van der Waals surface area contributed by atoms with E-state index in [4.69, 9.17) is 11.6 Å². The van der Waals surface area contributed by atoms with Crippen LogP contribution in [0.3, 0.4) is 0 Å². The summed E-state index contributed by atoms with van der Waals surface area (Å²) in [7, 11) is -2.47. The van der Waals surface area contributed by atoms with Crippen molar-refractivity contribution in [2.45, 2.75) is 39.0 Å². The second-order valence-electron chi connectivity index (χ2n) is 9.99. The first-order chi connectivity index (χ1) is 19.5. The number of fused-ring (bicyclic) bond motifs is 1. The Balaban J connectivity index is 1.59. The van der Waals surface area contributed by atoms with Crippen LogP contribution in [0.1, 0.15) is 41.9 Å². The number of hydrogen-bond acceptors (Lipinski definition) is 5. The summed E-state index contributed by atoms with van der Waals surface area (Å²) in [4.78, 5) is 31.2. The molecular weight excluding hydrogens is 562 g/mol. The molecule has 0 atom stereocenters. The van der Waals surface area contributed by atoms with Crippen LogP contribution in [0.4, 0.5) is 11.4 Å². The third kappa shape index (κ3) is 6.50. The van der Waals surface area contributed by atoms with Crippen molar-refractivity contribution in [3.05, 3.63) is 75.6 Å². The van der Waals surface area contributed by atoms with Gasteiger partial charge in [-0.25, -0.2) is 8.42 Å². The molecule has 0 aliphatic carbocycles. The molecule has 0 unspecified atom stereocenters. The highest BCUT2D eigenvalue weighted by molar-refractivity contribution is 7.92. The second kappa shape index (κ2) is 12.5. The standard InChI is InChI=1S/C30H36ClN5O4S/c1-6-36(7-2)14-13-32-29(37)18-24-19(3)28(33-20(24)4)17-26-25-16-23(11-12-27(25)34-30(26)38)41(39,40)35(5)22-10-8-9-21(31)15-22/h8-12,15-17,33H,6-7,13-14,18H2,1-5H3,(H,32,37)(H,34,38)/b26-17-. The fraction of sp³-hybridized carbons (Fsp3) is 0.333. The van der Waals surface area contributed by atoms with Crippen LogP contribution < -0.4 is 14.9 Å². The average Bonchev–Trinajstić information content (AvgIpc) is 3.40. The molecule has 41 heavy (non-hydrogen) atoms. The van der Waals surface area contributed by atoms with Crippen molar-refractivity contribution in [2.75, 3.05) is 42.8 Å². The molecule has 3 N–H and O–H groups in total. The van der Waals surface area contributed by atoms with Gasteiger partial charge in [-0.05, 0) is 80.5 Å². The first kappa shape index (κ1) is 30.4. The molecule has 2 heterocycles. The molecular formula is C30H36ClN5O4S. The molecule has 1 aromatic heterocycles. The molecule has 0 radical (unpaired) electrons. The number of carbonyl (C=O) groups excluding carboxylic acids is 2. The summed E-state index contributed by atoms with van der Waals surface area (Å²) in [6, 6.07) is 11.2. The number of carbonyl (C=O) groups is 2. The average molecular weight is 598 g/mol. The zero-order valence-corrected chi connectivity index (χ0v) is 25.5. The van der Waals surface area contributed by atoms with Gasteiger partial charge in [0.25, 0.3) is 15.9 Å². The number of hydrogen-bond donors (Lipinski definition) is 3. The van der Waals surface area contributed by atoms with Crippen LogP contribution in [0.5, 0.6) is 0 Å². The first-order valence-electron chi connectivity index (χ1n) is 13.5. The van der Waals surface area contributed by atoms with Crippen LogP contribution >= 0.6 is 11.6 Å². The number of benzene rings is 2. The summed E-state index contributed by atoms with van der Waals surface area (Å²) >= 11 is 6.07.